The molecule has 1 heteroatoms. The van der Waals surface area contributed by atoms with E-state index < -0.39 is 0 Å². The molecule has 20 heavy (non-hydrogen) atoms. The Bertz CT molecular complexity index is 551. The minimum absolute atomic E-state index is 0.286. The Kier molecular flexibility index (Phi) is 4.97. The van der Waals surface area contributed by atoms with E-state index in [0.717, 1.165) is 13.0 Å². The first-order valence-electron chi connectivity index (χ1n) is 7.48. The van der Waals surface area contributed by atoms with E-state index in [-0.39, 0.29) is 6.04 Å². The second-order valence-electron chi connectivity index (χ2n) is 5.72. The van der Waals surface area contributed by atoms with E-state index in [0.29, 0.717) is 0 Å². The van der Waals surface area contributed by atoms with E-state index in [9.17, 15) is 0 Å². The standard InChI is InChI=1S/C19H25N/c1-5-9-20-19(17-8-6-7-14(2)11-17)18-12-15(3)10-16(4)13-18/h6-8,10-13,19-20H,5,9H2,1-4H3. The van der Waals surface area contributed by atoms with Crippen LogP contribution in [0.3, 0.4) is 0 Å². The molecule has 0 aliphatic rings. The number of hydrogen-bond donors (Lipinski definition) is 1. The van der Waals surface area contributed by atoms with Gasteiger partial charge in [-0.3, -0.25) is 0 Å². The molecule has 0 radical (unpaired) electrons. The van der Waals surface area contributed by atoms with Crippen molar-refractivity contribution in [1.29, 1.82) is 0 Å². The van der Waals surface area contributed by atoms with Crippen molar-refractivity contribution in [3.05, 3.63) is 70.3 Å². The molecule has 1 atom stereocenters. The lowest BCUT2D eigenvalue weighted by molar-refractivity contribution is 0.598. The average Bonchev–Trinajstić information content (AvgIpc) is 2.38. The second kappa shape index (κ2) is 6.71. The van der Waals surface area contributed by atoms with Crippen LogP contribution in [0.25, 0.3) is 0 Å². The molecule has 2 aromatic rings. The number of benzene rings is 2. The molecule has 1 unspecified atom stereocenters. The summed E-state index contributed by atoms with van der Waals surface area (Å²) in [6, 6.07) is 15.9. The fraction of sp³-hybridized carbons (Fsp3) is 0.368. The van der Waals surface area contributed by atoms with Crippen molar-refractivity contribution in [2.24, 2.45) is 0 Å². The Morgan fingerprint density at radius 3 is 2.10 bits per heavy atom. The quantitative estimate of drug-likeness (QED) is 0.828. The lowest BCUT2D eigenvalue weighted by atomic mass is 9.94. The van der Waals surface area contributed by atoms with Gasteiger partial charge in [0.25, 0.3) is 0 Å². The van der Waals surface area contributed by atoms with Crippen LogP contribution in [0, 0.1) is 20.8 Å². The molecule has 0 spiro atoms. The van der Waals surface area contributed by atoms with Crippen LogP contribution < -0.4 is 5.32 Å². The van der Waals surface area contributed by atoms with Crippen LogP contribution in [0.15, 0.2) is 42.5 Å². The number of aryl methyl sites for hydroxylation is 3. The first kappa shape index (κ1) is 14.8. The monoisotopic (exact) mass is 267 g/mol. The fourth-order valence-corrected chi connectivity index (χ4v) is 2.74. The van der Waals surface area contributed by atoms with Gasteiger partial charge < -0.3 is 5.32 Å². The number of rotatable bonds is 5. The van der Waals surface area contributed by atoms with E-state index in [1.807, 2.05) is 0 Å². The summed E-state index contributed by atoms with van der Waals surface area (Å²) in [5, 5.41) is 3.68. The van der Waals surface area contributed by atoms with Crippen LogP contribution in [0.1, 0.15) is 47.2 Å². The molecule has 106 valence electrons. The molecular weight excluding hydrogens is 242 g/mol. The summed E-state index contributed by atoms with van der Waals surface area (Å²) in [5.74, 6) is 0. The third kappa shape index (κ3) is 3.71. The molecule has 0 aromatic heterocycles. The highest BCUT2D eigenvalue weighted by atomic mass is 14.9. The molecule has 2 aromatic carbocycles. The van der Waals surface area contributed by atoms with Gasteiger partial charge in [-0.1, -0.05) is 66.1 Å². The zero-order valence-corrected chi connectivity index (χ0v) is 13.0. The first-order chi connectivity index (χ1) is 9.60. The maximum Gasteiger partial charge on any atom is 0.0577 e. The molecule has 0 fully saturated rings. The molecule has 0 saturated heterocycles. The maximum atomic E-state index is 3.68. The first-order valence-corrected chi connectivity index (χ1v) is 7.48. The van der Waals surface area contributed by atoms with Gasteiger partial charge in [-0.25, -0.2) is 0 Å². The smallest absolute Gasteiger partial charge is 0.0577 e. The van der Waals surface area contributed by atoms with Gasteiger partial charge in [0, 0.05) is 0 Å². The van der Waals surface area contributed by atoms with Crippen molar-refractivity contribution in [1.82, 2.24) is 5.32 Å². The third-order valence-electron chi connectivity index (χ3n) is 3.55. The van der Waals surface area contributed by atoms with Crippen LogP contribution in [0.2, 0.25) is 0 Å². The summed E-state index contributed by atoms with van der Waals surface area (Å²) in [5.41, 5.74) is 6.69. The molecule has 0 saturated carbocycles. The second-order valence-corrected chi connectivity index (χ2v) is 5.72. The van der Waals surface area contributed by atoms with Gasteiger partial charge in [-0.05, 0) is 44.9 Å². The van der Waals surface area contributed by atoms with E-state index in [1.165, 1.54) is 27.8 Å². The highest BCUT2D eigenvalue weighted by molar-refractivity contribution is 5.38. The zero-order valence-electron chi connectivity index (χ0n) is 13.0. The molecule has 0 aliphatic carbocycles. The summed E-state index contributed by atoms with van der Waals surface area (Å²) in [7, 11) is 0. The minimum atomic E-state index is 0.286. The Hall–Kier alpha value is -1.60. The molecule has 0 amide bonds. The highest BCUT2D eigenvalue weighted by Crippen LogP contribution is 2.24. The Balaban J connectivity index is 2.41. The highest BCUT2D eigenvalue weighted by Gasteiger charge is 2.14. The van der Waals surface area contributed by atoms with E-state index in [1.54, 1.807) is 0 Å². The average molecular weight is 267 g/mol. The summed E-state index contributed by atoms with van der Waals surface area (Å²) in [4.78, 5) is 0. The lowest BCUT2D eigenvalue weighted by Crippen LogP contribution is -2.23. The minimum Gasteiger partial charge on any atom is -0.306 e. The zero-order chi connectivity index (χ0) is 14.5. The van der Waals surface area contributed by atoms with Gasteiger partial charge in [0.05, 0.1) is 6.04 Å². The number of hydrogen-bond acceptors (Lipinski definition) is 1. The Morgan fingerprint density at radius 1 is 0.850 bits per heavy atom. The topological polar surface area (TPSA) is 12.0 Å². The molecule has 1 N–H and O–H groups in total. The van der Waals surface area contributed by atoms with Crippen LogP contribution >= 0.6 is 0 Å². The normalized spacial score (nSPS) is 12.4. The molecular formula is C19H25N. The SMILES string of the molecule is CCCNC(c1cccc(C)c1)c1cc(C)cc(C)c1. The van der Waals surface area contributed by atoms with Crippen LogP contribution in [-0.2, 0) is 0 Å². The summed E-state index contributed by atoms with van der Waals surface area (Å²) >= 11 is 0. The molecule has 1 nitrogen and oxygen atoms in total. The van der Waals surface area contributed by atoms with Crippen molar-refractivity contribution in [2.75, 3.05) is 6.54 Å². The molecule has 0 heterocycles. The molecule has 0 bridgehead atoms. The van der Waals surface area contributed by atoms with Gasteiger partial charge in [-0.2, -0.15) is 0 Å². The molecule has 2 rings (SSSR count). The summed E-state index contributed by atoms with van der Waals surface area (Å²) in [6.07, 6.45) is 1.15. The predicted molar refractivity (Wildman–Crippen MR) is 87.2 cm³/mol. The van der Waals surface area contributed by atoms with Crippen molar-refractivity contribution in [3.63, 3.8) is 0 Å². The van der Waals surface area contributed by atoms with Crippen molar-refractivity contribution < 1.29 is 0 Å². The van der Waals surface area contributed by atoms with Gasteiger partial charge >= 0.3 is 0 Å². The van der Waals surface area contributed by atoms with Crippen molar-refractivity contribution in [2.45, 2.75) is 40.2 Å². The van der Waals surface area contributed by atoms with E-state index in [4.69, 9.17) is 0 Å². The van der Waals surface area contributed by atoms with Gasteiger partial charge in [0.1, 0.15) is 0 Å². The van der Waals surface area contributed by atoms with Crippen LogP contribution in [-0.4, -0.2) is 6.54 Å². The fourth-order valence-electron chi connectivity index (χ4n) is 2.74. The number of nitrogens with one attached hydrogen (secondary N) is 1. The Labute approximate surface area is 123 Å². The van der Waals surface area contributed by atoms with E-state index >= 15 is 0 Å². The van der Waals surface area contributed by atoms with Gasteiger partial charge in [0.2, 0.25) is 0 Å². The molecule has 0 aliphatic heterocycles. The third-order valence-corrected chi connectivity index (χ3v) is 3.55. The van der Waals surface area contributed by atoms with Gasteiger partial charge in [-0.15, -0.1) is 0 Å². The van der Waals surface area contributed by atoms with Crippen molar-refractivity contribution >= 4 is 0 Å². The van der Waals surface area contributed by atoms with E-state index in [2.05, 4.69) is 75.5 Å². The lowest BCUT2D eigenvalue weighted by Gasteiger charge is -2.21. The predicted octanol–water partition coefficient (Wildman–Crippen LogP) is 4.70. The Morgan fingerprint density at radius 2 is 1.50 bits per heavy atom. The largest absolute Gasteiger partial charge is 0.306 e. The maximum absolute atomic E-state index is 3.68. The van der Waals surface area contributed by atoms with Crippen LogP contribution in [0.5, 0.6) is 0 Å². The van der Waals surface area contributed by atoms with Crippen LogP contribution in [0.4, 0.5) is 0 Å². The van der Waals surface area contributed by atoms with Crippen molar-refractivity contribution in [3.8, 4) is 0 Å². The van der Waals surface area contributed by atoms with Gasteiger partial charge in [0.15, 0.2) is 0 Å². The summed E-state index contributed by atoms with van der Waals surface area (Å²) in [6.45, 7) is 9.74. The summed E-state index contributed by atoms with van der Waals surface area (Å²) < 4.78 is 0.